The highest BCUT2D eigenvalue weighted by molar-refractivity contribution is 7.89. The van der Waals surface area contributed by atoms with Crippen LogP contribution in [0.5, 0.6) is 0 Å². The van der Waals surface area contributed by atoms with Gasteiger partial charge in [-0.25, -0.2) is 13.1 Å². The van der Waals surface area contributed by atoms with E-state index in [4.69, 9.17) is 0 Å². The van der Waals surface area contributed by atoms with E-state index in [9.17, 15) is 8.42 Å². The average molecular weight is 347 g/mol. The van der Waals surface area contributed by atoms with E-state index in [0.29, 0.717) is 19.5 Å². The fourth-order valence-electron chi connectivity index (χ4n) is 2.84. The first kappa shape index (κ1) is 20.2. The summed E-state index contributed by atoms with van der Waals surface area (Å²) in [6.45, 7) is 6.52. The van der Waals surface area contributed by atoms with Gasteiger partial charge in [0.25, 0.3) is 0 Å². The maximum absolute atomic E-state index is 11.3. The first-order valence-corrected chi connectivity index (χ1v) is 10.7. The number of guanidine groups is 1. The van der Waals surface area contributed by atoms with Crippen molar-refractivity contribution < 1.29 is 8.42 Å². The lowest BCUT2D eigenvalue weighted by molar-refractivity contribution is 0.481. The van der Waals surface area contributed by atoms with E-state index in [1.807, 2.05) is 6.92 Å². The van der Waals surface area contributed by atoms with Crippen LogP contribution >= 0.6 is 0 Å². The third-order valence-electron chi connectivity index (χ3n) is 4.21. The first-order valence-electron chi connectivity index (χ1n) is 9.07. The molecule has 3 N–H and O–H groups in total. The quantitative estimate of drug-likeness (QED) is 0.303. The summed E-state index contributed by atoms with van der Waals surface area (Å²) >= 11 is 0. The number of hydrogen-bond donors (Lipinski definition) is 3. The Labute approximate surface area is 142 Å². The number of nitrogens with one attached hydrogen (secondary N) is 3. The molecule has 7 heteroatoms. The van der Waals surface area contributed by atoms with Crippen LogP contribution in [-0.2, 0) is 10.0 Å². The van der Waals surface area contributed by atoms with Gasteiger partial charge in [0.15, 0.2) is 5.96 Å². The predicted molar refractivity (Wildman–Crippen MR) is 97.3 cm³/mol. The van der Waals surface area contributed by atoms with E-state index >= 15 is 0 Å². The molecule has 1 aliphatic carbocycles. The van der Waals surface area contributed by atoms with Gasteiger partial charge in [-0.2, -0.15) is 0 Å². The molecule has 0 aliphatic heterocycles. The van der Waals surface area contributed by atoms with Crippen molar-refractivity contribution in [2.75, 3.05) is 31.9 Å². The molecule has 1 fully saturated rings. The van der Waals surface area contributed by atoms with Gasteiger partial charge in [0.1, 0.15) is 0 Å². The molecule has 0 saturated heterocycles. The minimum Gasteiger partial charge on any atom is -0.357 e. The minimum absolute atomic E-state index is 0.126. The SMILES string of the molecule is CCNC(=NCCCNS(=O)(=O)CC)NCCCC1CCCC1. The van der Waals surface area contributed by atoms with Crippen LogP contribution in [-0.4, -0.2) is 46.3 Å². The predicted octanol–water partition coefficient (Wildman–Crippen LogP) is 1.84. The molecular weight excluding hydrogens is 312 g/mol. The van der Waals surface area contributed by atoms with Crippen LogP contribution in [0.15, 0.2) is 4.99 Å². The van der Waals surface area contributed by atoms with Gasteiger partial charge in [-0.05, 0) is 39.0 Å². The zero-order valence-electron chi connectivity index (χ0n) is 14.7. The van der Waals surface area contributed by atoms with Gasteiger partial charge >= 0.3 is 0 Å². The Hall–Kier alpha value is -0.820. The molecule has 0 radical (unpaired) electrons. The van der Waals surface area contributed by atoms with Crippen molar-refractivity contribution in [1.29, 1.82) is 0 Å². The Morgan fingerprint density at radius 2 is 1.83 bits per heavy atom. The van der Waals surface area contributed by atoms with Crippen molar-refractivity contribution >= 4 is 16.0 Å². The Balaban J connectivity index is 2.16. The van der Waals surface area contributed by atoms with Crippen molar-refractivity contribution in [2.45, 2.75) is 58.8 Å². The van der Waals surface area contributed by atoms with Crippen molar-refractivity contribution in [3.63, 3.8) is 0 Å². The van der Waals surface area contributed by atoms with Gasteiger partial charge in [-0.15, -0.1) is 0 Å². The lowest BCUT2D eigenvalue weighted by Gasteiger charge is -2.13. The fourth-order valence-corrected chi connectivity index (χ4v) is 3.50. The number of hydrogen-bond acceptors (Lipinski definition) is 3. The molecular formula is C16H34N4O2S. The third-order valence-corrected chi connectivity index (χ3v) is 5.61. The molecule has 0 aromatic rings. The fraction of sp³-hybridized carbons (Fsp3) is 0.938. The highest BCUT2D eigenvalue weighted by Gasteiger charge is 2.13. The van der Waals surface area contributed by atoms with E-state index in [2.05, 4.69) is 20.3 Å². The van der Waals surface area contributed by atoms with Crippen LogP contribution in [0.1, 0.15) is 58.8 Å². The van der Waals surface area contributed by atoms with Crippen LogP contribution in [0.4, 0.5) is 0 Å². The lowest BCUT2D eigenvalue weighted by Crippen LogP contribution is -2.38. The number of nitrogens with zero attached hydrogens (tertiary/aromatic N) is 1. The largest absolute Gasteiger partial charge is 0.357 e. The van der Waals surface area contributed by atoms with Gasteiger partial charge in [-0.3, -0.25) is 4.99 Å². The summed E-state index contributed by atoms with van der Waals surface area (Å²) < 4.78 is 25.2. The zero-order chi connectivity index (χ0) is 17.0. The lowest BCUT2D eigenvalue weighted by atomic mass is 10.0. The first-order chi connectivity index (χ1) is 11.1. The van der Waals surface area contributed by atoms with E-state index in [1.54, 1.807) is 6.92 Å². The topological polar surface area (TPSA) is 82.6 Å². The molecule has 0 bridgehead atoms. The van der Waals surface area contributed by atoms with Crippen LogP contribution in [0.25, 0.3) is 0 Å². The van der Waals surface area contributed by atoms with Crippen LogP contribution in [0, 0.1) is 5.92 Å². The van der Waals surface area contributed by atoms with Gasteiger partial charge in [0, 0.05) is 26.2 Å². The zero-order valence-corrected chi connectivity index (χ0v) is 15.6. The van der Waals surface area contributed by atoms with Crippen LogP contribution in [0.2, 0.25) is 0 Å². The Bertz CT molecular complexity index is 431. The molecule has 0 heterocycles. The summed E-state index contributed by atoms with van der Waals surface area (Å²) in [6.07, 6.45) is 8.83. The molecule has 0 unspecified atom stereocenters. The molecule has 1 saturated carbocycles. The summed E-state index contributed by atoms with van der Waals surface area (Å²) in [7, 11) is -3.09. The molecule has 136 valence electrons. The molecule has 1 rings (SSSR count). The summed E-state index contributed by atoms with van der Waals surface area (Å²) in [5.41, 5.74) is 0. The van der Waals surface area contributed by atoms with E-state index in [-0.39, 0.29) is 5.75 Å². The molecule has 0 atom stereocenters. The molecule has 0 spiro atoms. The monoisotopic (exact) mass is 346 g/mol. The average Bonchev–Trinajstić information content (AvgIpc) is 3.04. The molecule has 0 amide bonds. The van der Waals surface area contributed by atoms with Crippen molar-refractivity contribution in [2.24, 2.45) is 10.9 Å². The molecule has 6 nitrogen and oxygen atoms in total. The molecule has 23 heavy (non-hydrogen) atoms. The summed E-state index contributed by atoms with van der Waals surface area (Å²) in [4.78, 5) is 4.49. The summed E-state index contributed by atoms with van der Waals surface area (Å²) in [5, 5.41) is 6.59. The van der Waals surface area contributed by atoms with Gasteiger partial charge < -0.3 is 10.6 Å². The Morgan fingerprint density at radius 1 is 1.09 bits per heavy atom. The van der Waals surface area contributed by atoms with Gasteiger partial charge in [-0.1, -0.05) is 25.7 Å². The van der Waals surface area contributed by atoms with Crippen molar-refractivity contribution in [3.05, 3.63) is 0 Å². The van der Waals surface area contributed by atoms with E-state index in [1.165, 1.54) is 38.5 Å². The smallest absolute Gasteiger partial charge is 0.211 e. The second-order valence-corrected chi connectivity index (χ2v) is 8.23. The Morgan fingerprint density at radius 3 is 2.48 bits per heavy atom. The number of aliphatic imine (C=N–C) groups is 1. The number of rotatable bonds is 11. The normalized spacial score (nSPS) is 16.7. The maximum Gasteiger partial charge on any atom is 0.211 e. The van der Waals surface area contributed by atoms with Gasteiger partial charge in [0.05, 0.1) is 5.75 Å². The highest BCUT2D eigenvalue weighted by atomic mass is 32.2. The standard InChI is InChI=1S/C16H34N4O2S/c1-3-17-16(18-12-7-11-15-9-5-6-10-15)19-13-8-14-20-23(21,22)4-2/h15,20H,3-14H2,1-2H3,(H2,17,18,19). The molecule has 1 aliphatic rings. The minimum atomic E-state index is -3.09. The number of sulfonamides is 1. The van der Waals surface area contributed by atoms with E-state index in [0.717, 1.165) is 25.0 Å². The highest BCUT2D eigenvalue weighted by Crippen LogP contribution is 2.28. The third kappa shape index (κ3) is 9.81. The van der Waals surface area contributed by atoms with Crippen molar-refractivity contribution in [3.8, 4) is 0 Å². The van der Waals surface area contributed by atoms with Crippen LogP contribution < -0.4 is 15.4 Å². The van der Waals surface area contributed by atoms with Crippen molar-refractivity contribution in [1.82, 2.24) is 15.4 Å². The van der Waals surface area contributed by atoms with E-state index < -0.39 is 10.0 Å². The molecule has 0 aromatic carbocycles. The summed E-state index contributed by atoms with van der Waals surface area (Å²) in [6, 6.07) is 0. The molecule has 0 aromatic heterocycles. The summed E-state index contributed by atoms with van der Waals surface area (Å²) in [5.74, 6) is 1.89. The second kappa shape index (κ2) is 11.7. The second-order valence-electron chi connectivity index (χ2n) is 6.13. The Kier molecular flexibility index (Phi) is 10.3. The van der Waals surface area contributed by atoms with Crippen LogP contribution in [0.3, 0.4) is 0 Å². The van der Waals surface area contributed by atoms with Gasteiger partial charge in [0.2, 0.25) is 10.0 Å². The maximum atomic E-state index is 11.3.